The first-order valence-electron chi connectivity index (χ1n) is 6.02. The summed E-state index contributed by atoms with van der Waals surface area (Å²) >= 11 is 0. The van der Waals surface area contributed by atoms with E-state index in [0.717, 1.165) is 23.1 Å². The van der Waals surface area contributed by atoms with E-state index in [1.165, 1.54) is 5.56 Å². The summed E-state index contributed by atoms with van der Waals surface area (Å²) in [6, 6.07) is 10.2. The Morgan fingerprint density at radius 3 is 2.78 bits per heavy atom. The molecule has 5 nitrogen and oxygen atoms in total. The number of nitrogens with one attached hydrogen (secondary N) is 1. The largest absolute Gasteiger partial charge is 0.383 e. The molecule has 18 heavy (non-hydrogen) atoms. The van der Waals surface area contributed by atoms with Gasteiger partial charge < -0.3 is 5.73 Å². The molecule has 1 aromatic carbocycles. The fourth-order valence-corrected chi connectivity index (χ4v) is 2.17. The number of fused-ring (bicyclic) bond motifs is 1. The quantitative estimate of drug-likeness (QED) is 0.736. The Morgan fingerprint density at radius 1 is 1.28 bits per heavy atom. The van der Waals surface area contributed by atoms with Crippen molar-refractivity contribution in [1.82, 2.24) is 20.0 Å². The summed E-state index contributed by atoms with van der Waals surface area (Å²) in [7, 11) is 0. The number of benzene rings is 1. The van der Waals surface area contributed by atoms with E-state index < -0.39 is 0 Å². The average Bonchev–Trinajstić information content (AvgIpc) is 2.93. The van der Waals surface area contributed by atoms with Crippen LogP contribution in [0.5, 0.6) is 0 Å². The maximum atomic E-state index is 5.89. The lowest BCUT2D eigenvalue weighted by atomic mass is 10.2. The van der Waals surface area contributed by atoms with Gasteiger partial charge in [-0.2, -0.15) is 10.2 Å². The number of nitrogens with two attached hydrogens (primary N) is 1. The molecule has 0 unspecified atom stereocenters. The van der Waals surface area contributed by atoms with Gasteiger partial charge in [0.25, 0.3) is 0 Å². The van der Waals surface area contributed by atoms with Crippen LogP contribution in [0.2, 0.25) is 0 Å². The van der Waals surface area contributed by atoms with Gasteiger partial charge in [-0.1, -0.05) is 37.3 Å². The minimum Gasteiger partial charge on any atom is -0.383 e. The molecule has 0 aliphatic heterocycles. The van der Waals surface area contributed by atoms with Gasteiger partial charge >= 0.3 is 0 Å². The number of anilines is 1. The number of aromatic nitrogens is 4. The zero-order chi connectivity index (χ0) is 12.5. The van der Waals surface area contributed by atoms with Gasteiger partial charge in [0.05, 0.1) is 17.6 Å². The van der Waals surface area contributed by atoms with Gasteiger partial charge in [0.2, 0.25) is 0 Å². The van der Waals surface area contributed by atoms with Crippen LogP contribution in [0.3, 0.4) is 0 Å². The van der Waals surface area contributed by atoms with Crippen LogP contribution in [0.1, 0.15) is 18.2 Å². The van der Waals surface area contributed by atoms with Crippen molar-refractivity contribution in [1.29, 1.82) is 0 Å². The summed E-state index contributed by atoms with van der Waals surface area (Å²) in [5, 5.41) is 12.6. The van der Waals surface area contributed by atoms with Crippen LogP contribution in [-0.4, -0.2) is 20.0 Å². The zero-order valence-corrected chi connectivity index (χ0v) is 10.2. The van der Waals surface area contributed by atoms with E-state index in [0.29, 0.717) is 12.4 Å². The number of aryl methyl sites for hydroxylation is 1. The molecule has 0 atom stereocenters. The molecule has 0 fully saturated rings. The summed E-state index contributed by atoms with van der Waals surface area (Å²) in [5.41, 5.74) is 8.91. The molecule has 2 heterocycles. The molecular weight excluding hydrogens is 226 g/mol. The Kier molecular flexibility index (Phi) is 2.51. The van der Waals surface area contributed by atoms with Gasteiger partial charge in [0, 0.05) is 0 Å². The van der Waals surface area contributed by atoms with Crippen LogP contribution in [0.4, 0.5) is 5.82 Å². The second-order valence-corrected chi connectivity index (χ2v) is 4.28. The van der Waals surface area contributed by atoms with Gasteiger partial charge in [0.1, 0.15) is 5.82 Å². The summed E-state index contributed by atoms with van der Waals surface area (Å²) in [6.07, 6.45) is 0.849. The minimum atomic E-state index is 0.598. The first-order valence-corrected chi connectivity index (χ1v) is 6.02. The summed E-state index contributed by atoms with van der Waals surface area (Å²) in [6.45, 7) is 2.78. The molecule has 0 amide bonds. The number of hydrogen-bond acceptors (Lipinski definition) is 3. The van der Waals surface area contributed by atoms with Gasteiger partial charge in [-0.15, -0.1) is 0 Å². The highest BCUT2D eigenvalue weighted by atomic mass is 15.3. The van der Waals surface area contributed by atoms with Gasteiger partial charge in [-0.05, 0) is 12.0 Å². The molecule has 92 valence electrons. The number of H-pyrrole nitrogens is 1. The number of nitrogen functional groups attached to an aromatic ring is 1. The topological polar surface area (TPSA) is 72.5 Å². The first-order chi connectivity index (χ1) is 8.79. The molecular formula is C13H15N5. The molecule has 3 rings (SSSR count). The van der Waals surface area contributed by atoms with Gasteiger partial charge in [-0.3, -0.25) is 5.10 Å². The van der Waals surface area contributed by atoms with E-state index in [-0.39, 0.29) is 0 Å². The van der Waals surface area contributed by atoms with E-state index in [1.807, 2.05) is 22.9 Å². The highest BCUT2D eigenvalue weighted by Crippen LogP contribution is 2.23. The van der Waals surface area contributed by atoms with Crippen molar-refractivity contribution in [3.63, 3.8) is 0 Å². The molecule has 0 saturated carbocycles. The maximum absolute atomic E-state index is 5.89. The fourth-order valence-electron chi connectivity index (χ4n) is 2.17. The number of hydrogen-bond donors (Lipinski definition) is 2. The molecule has 3 aromatic rings. The fraction of sp³-hybridized carbons (Fsp3) is 0.231. The third-order valence-electron chi connectivity index (χ3n) is 3.06. The summed E-state index contributed by atoms with van der Waals surface area (Å²) in [4.78, 5) is 0. The Bertz CT molecular complexity index is 665. The van der Waals surface area contributed by atoms with E-state index in [4.69, 9.17) is 5.73 Å². The SMILES string of the molecule is CCc1nn(Cc2ccccc2)c2n[nH]c(N)c12. The lowest BCUT2D eigenvalue weighted by Crippen LogP contribution is -2.02. The Labute approximate surface area is 105 Å². The summed E-state index contributed by atoms with van der Waals surface area (Å²) < 4.78 is 1.90. The second-order valence-electron chi connectivity index (χ2n) is 4.28. The maximum Gasteiger partial charge on any atom is 0.182 e. The molecule has 5 heteroatoms. The van der Waals surface area contributed by atoms with Crippen molar-refractivity contribution in [2.45, 2.75) is 19.9 Å². The van der Waals surface area contributed by atoms with Crippen LogP contribution in [0.25, 0.3) is 11.0 Å². The van der Waals surface area contributed by atoms with E-state index in [1.54, 1.807) is 0 Å². The number of nitrogens with zero attached hydrogens (tertiary/aromatic N) is 3. The van der Waals surface area contributed by atoms with Crippen LogP contribution in [0.15, 0.2) is 30.3 Å². The Morgan fingerprint density at radius 2 is 2.06 bits per heavy atom. The molecule has 2 aromatic heterocycles. The van der Waals surface area contributed by atoms with E-state index >= 15 is 0 Å². The predicted octanol–water partition coefficient (Wildman–Crippen LogP) is 1.95. The normalized spacial score (nSPS) is 11.2. The number of aromatic amines is 1. The highest BCUT2D eigenvalue weighted by Gasteiger charge is 2.15. The molecule has 3 N–H and O–H groups in total. The smallest absolute Gasteiger partial charge is 0.182 e. The lowest BCUT2D eigenvalue weighted by molar-refractivity contribution is 0.685. The van der Waals surface area contributed by atoms with Gasteiger partial charge in [-0.25, -0.2) is 4.68 Å². The van der Waals surface area contributed by atoms with Crippen LogP contribution in [-0.2, 0) is 13.0 Å². The molecule has 0 spiro atoms. The predicted molar refractivity (Wildman–Crippen MR) is 71.2 cm³/mol. The van der Waals surface area contributed by atoms with Crippen molar-refractivity contribution >= 4 is 16.9 Å². The third-order valence-corrected chi connectivity index (χ3v) is 3.06. The van der Waals surface area contributed by atoms with Crippen LogP contribution < -0.4 is 5.73 Å². The van der Waals surface area contributed by atoms with E-state index in [2.05, 4.69) is 34.4 Å². The monoisotopic (exact) mass is 241 g/mol. The third kappa shape index (κ3) is 1.64. The van der Waals surface area contributed by atoms with Crippen LogP contribution >= 0.6 is 0 Å². The molecule has 0 aliphatic carbocycles. The Balaban J connectivity index is 2.07. The highest BCUT2D eigenvalue weighted by molar-refractivity contribution is 5.88. The van der Waals surface area contributed by atoms with Crippen molar-refractivity contribution < 1.29 is 0 Å². The Hall–Kier alpha value is -2.30. The zero-order valence-electron chi connectivity index (χ0n) is 10.2. The summed E-state index contributed by atoms with van der Waals surface area (Å²) in [5.74, 6) is 0.598. The van der Waals surface area contributed by atoms with Crippen molar-refractivity contribution in [2.24, 2.45) is 0 Å². The molecule has 0 aliphatic rings. The van der Waals surface area contributed by atoms with E-state index in [9.17, 15) is 0 Å². The van der Waals surface area contributed by atoms with Gasteiger partial charge in [0.15, 0.2) is 5.65 Å². The number of rotatable bonds is 3. The standard InChI is InChI=1S/C13H15N5/c1-2-10-11-12(14)15-16-13(11)18(17-10)8-9-6-4-3-5-7-9/h3-7H,2,8H2,1H3,(H3,14,15,16). The molecule has 0 bridgehead atoms. The first kappa shape index (κ1) is 10.8. The van der Waals surface area contributed by atoms with Crippen LogP contribution in [0, 0.1) is 0 Å². The molecule has 0 saturated heterocycles. The van der Waals surface area contributed by atoms with Crippen molar-refractivity contribution in [2.75, 3.05) is 5.73 Å². The minimum absolute atomic E-state index is 0.598. The van der Waals surface area contributed by atoms with Crippen molar-refractivity contribution in [3.05, 3.63) is 41.6 Å². The lowest BCUT2D eigenvalue weighted by Gasteiger charge is -2.01. The average molecular weight is 241 g/mol. The molecule has 0 radical (unpaired) electrons. The second kappa shape index (κ2) is 4.18. The van der Waals surface area contributed by atoms with Crippen molar-refractivity contribution in [3.8, 4) is 0 Å².